The van der Waals surface area contributed by atoms with Crippen LogP contribution in [-0.4, -0.2) is 29.9 Å². The van der Waals surface area contributed by atoms with Crippen LogP contribution < -0.4 is 26.0 Å². The van der Waals surface area contributed by atoms with E-state index < -0.39 is 0 Å². The number of halogens is 2. The Hall–Kier alpha value is -5.52. The van der Waals surface area contributed by atoms with E-state index >= 15 is 0 Å². The number of benzene rings is 4. The first kappa shape index (κ1) is 27.3. The molecule has 9 heterocycles. The summed E-state index contributed by atoms with van der Waals surface area (Å²) < 4.78 is 6.01. The molecule has 13 heteroatoms. The van der Waals surface area contributed by atoms with Gasteiger partial charge in [0, 0.05) is 22.7 Å². The number of hydrogen-bond acceptors (Lipinski definition) is 11. The lowest BCUT2D eigenvalue weighted by Crippen LogP contribution is -2.04. The summed E-state index contributed by atoms with van der Waals surface area (Å²) in [4.78, 5) is 25.8. The predicted octanol–water partition coefficient (Wildman–Crippen LogP) is 8.03. The van der Waals surface area contributed by atoms with Gasteiger partial charge in [-0.1, -0.05) is 24.3 Å². The van der Waals surface area contributed by atoms with Crippen molar-refractivity contribution in [2.24, 2.45) is 0 Å². The highest BCUT2D eigenvalue weighted by atomic mass is 35.5. The molecule has 0 spiro atoms. The first-order valence-electron chi connectivity index (χ1n) is 13.5. The number of nitrogens with one attached hydrogen (secondary N) is 4. The van der Waals surface area contributed by atoms with Crippen LogP contribution in [0.2, 0.25) is 10.6 Å². The molecule has 2 aromatic heterocycles. The molecule has 0 fully saturated rings. The van der Waals surface area contributed by atoms with Gasteiger partial charge in [0.2, 0.25) is 34.4 Å². The molecule has 7 aliphatic heterocycles. The molecule has 12 bridgehead atoms. The van der Waals surface area contributed by atoms with Crippen LogP contribution in [-0.2, 0) is 6.42 Å². The van der Waals surface area contributed by atoms with Crippen LogP contribution >= 0.6 is 23.2 Å². The Bertz CT molecular complexity index is 1650. The van der Waals surface area contributed by atoms with E-state index in [1.807, 2.05) is 97.1 Å². The molecule has 7 aliphatic rings. The van der Waals surface area contributed by atoms with Crippen LogP contribution in [0.25, 0.3) is 0 Å². The zero-order valence-electron chi connectivity index (χ0n) is 22.8. The maximum atomic E-state index is 6.21. The third-order valence-electron chi connectivity index (χ3n) is 6.50. The Morgan fingerprint density at radius 2 is 0.705 bits per heavy atom. The second-order valence-electron chi connectivity index (χ2n) is 9.72. The van der Waals surface area contributed by atoms with E-state index in [1.165, 1.54) is 0 Å². The molecule has 11 nitrogen and oxygen atoms in total. The van der Waals surface area contributed by atoms with Crippen molar-refractivity contribution in [3.05, 3.63) is 119 Å². The normalized spacial score (nSPS) is 12.2. The summed E-state index contributed by atoms with van der Waals surface area (Å²) in [5.41, 5.74) is 5.41. The summed E-state index contributed by atoms with van der Waals surface area (Å²) in [5, 5.41) is 12.8. The van der Waals surface area contributed by atoms with Crippen molar-refractivity contribution in [3.8, 4) is 11.5 Å². The first-order chi connectivity index (χ1) is 21.5. The molecule has 4 N–H and O–H groups in total. The van der Waals surface area contributed by atoms with Crippen LogP contribution in [0, 0.1) is 0 Å². The molecule has 0 amide bonds. The maximum Gasteiger partial charge on any atom is 0.233 e. The van der Waals surface area contributed by atoms with Gasteiger partial charge in [0.05, 0.1) is 0 Å². The highest BCUT2D eigenvalue weighted by Gasteiger charge is 2.10. The standard InChI is InChI=1S/C31H22Cl2N10O/c32-26-38-28-34-20-5-1-18(2-6-20)17-19-3-7-21(8-4-19)35-29-39-27(33)41-31(43-29)37-23-11-15-25(16-12-23)44-24-13-9-22(10-14-24)36-30(40-26)42-28/h1-16H,17H2,(H2,34,36,38,40,42)(H2,35,37,39,41,43). The van der Waals surface area contributed by atoms with Gasteiger partial charge in [0.15, 0.2) is 0 Å². The zero-order chi connectivity index (χ0) is 29.9. The van der Waals surface area contributed by atoms with E-state index in [0.717, 1.165) is 40.3 Å². The van der Waals surface area contributed by atoms with Gasteiger partial charge < -0.3 is 26.0 Å². The van der Waals surface area contributed by atoms with Crippen LogP contribution in [0.1, 0.15) is 11.1 Å². The van der Waals surface area contributed by atoms with E-state index in [4.69, 9.17) is 27.9 Å². The van der Waals surface area contributed by atoms with Gasteiger partial charge in [-0.3, -0.25) is 0 Å². The Kier molecular flexibility index (Phi) is 7.45. The maximum absolute atomic E-state index is 6.21. The second kappa shape index (κ2) is 12.0. The van der Waals surface area contributed by atoms with Crippen molar-refractivity contribution in [2.45, 2.75) is 6.42 Å². The smallest absolute Gasteiger partial charge is 0.233 e. The van der Waals surface area contributed by atoms with Gasteiger partial charge >= 0.3 is 0 Å². The first-order valence-corrected chi connectivity index (χ1v) is 14.2. The molecule has 0 radical (unpaired) electrons. The summed E-state index contributed by atoms with van der Waals surface area (Å²) >= 11 is 12.4. The molecule has 0 saturated carbocycles. The second-order valence-corrected chi connectivity index (χ2v) is 10.4. The van der Waals surface area contributed by atoms with Crippen LogP contribution in [0.5, 0.6) is 11.5 Å². The summed E-state index contributed by atoms with van der Waals surface area (Å²) in [5.74, 6) is 2.55. The van der Waals surface area contributed by atoms with Crippen molar-refractivity contribution in [2.75, 3.05) is 21.3 Å². The van der Waals surface area contributed by atoms with E-state index in [2.05, 4.69) is 51.2 Å². The van der Waals surface area contributed by atoms with Gasteiger partial charge in [-0.15, -0.1) is 0 Å². The van der Waals surface area contributed by atoms with Crippen molar-refractivity contribution in [1.82, 2.24) is 29.9 Å². The number of aromatic nitrogens is 6. The summed E-state index contributed by atoms with van der Waals surface area (Å²) in [6.45, 7) is 0. The van der Waals surface area contributed by atoms with Crippen molar-refractivity contribution >= 4 is 69.7 Å². The topological polar surface area (TPSA) is 135 Å². The van der Waals surface area contributed by atoms with Crippen LogP contribution in [0.3, 0.4) is 0 Å². The number of hydrogen-bond donors (Lipinski definition) is 4. The molecular formula is C31H22Cl2N10O. The molecule has 4 aromatic carbocycles. The number of rotatable bonds is 0. The van der Waals surface area contributed by atoms with Crippen molar-refractivity contribution in [3.63, 3.8) is 0 Å². The molecule has 0 saturated heterocycles. The predicted molar refractivity (Wildman–Crippen MR) is 171 cm³/mol. The van der Waals surface area contributed by atoms with Gasteiger partial charge in [0.25, 0.3) is 0 Å². The average molecular weight is 621 g/mol. The summed E-state index contributed by atoms with van der Waals surface area (Å²) in [7, 11) is 0. The average Bonchev–Trinajstić information content (AvgIpc) is 3.00. The van der Waals surface area contributed by atoms with E-state index in [1.54, 1.807) is 0 Å². The molecule has 13 rings (SSSR count). The van der Waals surface area contributed by atoms with Gasteiger partial charge in [0.1, 0.15) is 11.5 Å². The Labute approximate surface area is 261 Å². The highest BCUT2D eigenvalue weighted by Crippen LogP contribution is 2.27. The molecular weight excluding hydrogens is 599 g/mol. The fourth-order valence-electron chi connectivity index (χ4n) is 4.44. The Morgan fingerprint density at radius 1 is 0.409 bits per heavy atom. The van der Waals surface area contributed by atoms with Gasteiger partial charge in [-0.2, -0.15) is 29.9 Å². The number of ether oxygens (including phenoxy) is 1. The van der Waals surface area contributed by atoms with Gasteiger partial charge in [-0.05, 0) is 114 Å². The lowest BCUT2D eigenvalue weighted by molar-refractivity contribution is 0.483. The largest absolute Gasteiger partial charge is 0.457 e. The van der Waals surface area contributed by atoms with Crippen molar-refractivity contribution < 1.29 is 4.74 Å². The quantitative estimate of drug-likeness (QED) is 0.131. The third kappa shape index (κ3) is 6.75. The SMILES string of the molecule is Clc1nc2nc(n1)Nc1ccc(cc1)Oc1ccc(cc1)Nc1nc(Cl)nc(n1)Nc1ccc(cc1)Cc1ccc(cc1)N2. The van der Waals surface area contributed by atoms with Crippen LogP contribution in [0.15, 0.2) is 97.1 Å². The summed E-state index contributed by atoms with van der Waals surface area (Å²) in [6, 6.07) is 30.8. The van der Waals surface area contributed by atoms with E-state index in [0.29, 0.717) is 35.3 Å². The molecule has 0 atom stereocenters. The Balaban J connectivity index is 1.19. The molecule has 216 valence electrons. The minimum Gasteiger partial charge on any atom is -0.457 e. The van der Waals surface area contributed by atoms with E-state index in [-0.39, 0.29) is 10.6 Å². The number of anilines is 8. The van der Waals surface area contributed by atoms with E-state index in [9.17, 15) is 0 Å². The van der Waals surface area contributed by atoms with Crippen LogP contribution in [0.4, 0.5) is 46.5 Å². The monoisotopic (exact) mass is 620 g/mol. The Morgan fingerprint density at radius 3 is 1.02 bits per heavy atom. The molecule has 0 unspecified atom stereocenters. The minimum absolute atomic E-state index is 0.0646. The number of nitrogens with zero attached hydrogens (tertiary/aromatic N) is 6. The fourth-order valence-corrected chi connectivity index (χ4v) is 4.76. The molecule has 6 aromatic rings. The minimum atomic E-state index is 0.0646. The lowest BCUT2D eigenvalue weighted by atomic mass is 10.0. The highest BCUT2D eigenvalue weighted by molar-refractivity contribution is 6.28. The fraction of sp³-hybridized carbons (Fsp3) is 0.0323. The lowest BCUT2D eigenvalue weighted by Gasteiger charge is -2.11. The summed E-state index contributed by atoms with van der Waals surface area (Å²) in [6.07, 6.45) is 0.750. The van der Waals surface area contributed by atoms with Crippen molar-refractivity contribution in [1.29, 1.82) is 0 Å². The van der Waals surface area contributed by atoms with Gasteiger partial charge in [-0.25, -0.2) is 0 Å². The zero-order valence-corrected chi connectivity index (χ0v) is 24.3. The molecule has 0 aliphatic carbocycles. The molecule has 44 heavy (non-hydrogen) atoms. The third-order valence-corrected chi connectivity index (χ3v) is 6.84.